The number of thiazole rings is 1. The predicted octanol–water partition coefficient (Wildman–Crippen LogP) is 8.01. The van der Waals surface area contributed by atoms with Crippen LogP contribution in [0, 0.1) is 0 Å². The van der Waals surface area contributed by atoms with Crippen molar-refractivity contribution in [3.05, 3.63) is 52.5 Å². The SMILES string of the molecule is CCOc1ccc2nc(SCc3ccc(CCCC4(NC(=O)OC(C)(C)C)COC(C)(C)OC4)c(Cl)c3)sc2c1. The molecular weight excluding hydrogens is 568 g/mol. The van der Waals surface area contributed by atoms with Crippen LogP contribution in [0.5, 0.6) is 5.75 Å². The molecule has 1 aromatic heterocycles. The Bertz CT molecular complexity index is 1310. The van der Waals surface area contributed by atoms with E-state index in [9.17, 15) is 4.79 Å². The number of amides is 1. The average molecular weight is 607 g/mol. The van der Waals surface area contributed by atoms with Gasteiger partial charge in [-0.25, -0.2) is 9.78 Å². The van der Waals surface area contributed by atoms with E-state index in [0.717, 1.165) is 55.0 Å². The van der Waals surface area contributed by atoms with E-state index < -0.39 is 23.0 Å². The van der Waals surface area contributed by atoms with Gasteiger partial charge in [0.2, 0.25) is 0 Å². The van der Waals surface area contributed by atoms with Crippen LogP contribution in [0.4, 0.5) is 4.79 Å². The summed E-state index contributed by atoms with van der Waals surface area (Å²) in [5, 5.41) is 3.77. The fourth-order valence-electron chi connectivity index (χ4n) is 4.35. The van der Waals surface area contributed by atoms with Crippen molar-refractivity contribution in [1.82, 2.24) is 10.3 Å². The Morgan fingerprint density at radius 3 is 2.60 bits per heavy atom. The van der Waals surface area contributed by atoms with Crippen LogP contribution in [-0.4, -0.2) is 47.8 Å². The van der Waals surface area contributed by atoms with Gasteiger partial charge in [-0.05, 0) is 96.2 Å². The number of hydrogen-bond acceptors (Lipinski definition) is 8. The van der Waals surface area contributed by atoms with Crippen LogP contribution in [0.2, 0.25) is 5.02 Å². The number of nitrogens with zero attached hydrogens (tertiary/aromatic N) is 1. The quantitative estimate of drug-likeness (QED) is 0.234. The Balaban J connectivity index is 1.33. The van der Waals surface area contributed by atoms with Crippen LogP contribution in [0.15, 0.2) is 40.7 Å². The summed E-state index contributed by atoms with van der Waals surface area (Å²) in [6.07, 6.45) is 1.76. The molecule has 0 unspecified atom stereocenters. The smallest absolute Gasteiger partial charge is 0.408 e. The fraction of sp³-hybridized carbons (Fsp3) is 0.533. The third-order valence-electron chi connectivity index (χ3n) is 6.39. The molecule has 1 aliphatic heterocycles. The first-order valence-electron chi connectivity index (χ1n) is 13.6. The minimum absolute atomic E-state index is 0.349. The Morgan fingerprint density at radius 2 is 1.93 bits per heavy atom. The molecule has 1 N–H and O–H groups in total. The topological polar surface area (TPSA) is 78.9 Å². The maximum Gasteiger partial charge on any atom is 0.408 e. The number of nitrogens with one attached hydrogen (secondary N) is 1. The zero-order valence-electron chi connectivity index (χ0n) is 24.1. The molecule has 0 radical (unpaired) electrons. The minimum Gasteiger partial charge on any atom is -0.494 e. The van der Waals surface area contributed by atoms with Gasteiger partial charge in [0.15, 0.2) is 10.1 Å². The lowest BCUT2D eigenvalue weighted by atomic mass is 9.91. The standard InChI is InChI=1S/C30H39ClN2O5S2/c1-7-35-22-12-13-24-25(16-22)40-27(32-24)39-17-20-10-11-21(23(31)15-20)9-8-14-30(18-36-29(5,6)37-19-30)33-26(34)38-28(2,3)4/h10-13,15-16H,7-9,14,17-19H2,1-6H3,(H,33,34). The van der Waals surface area contributed by atoms with E-state index in [1.807, 2.05) is 65.8 Å². The van der Waals surface area contributed by atoms with Crippen molar-refractivity contribution >= 4 is 51.0 Å². The summed E-state index contributed by atoms with van der Waals surface area (Å²) in [5.41, 5.74) is 1.95. The average Bonchev–Trinajstić information content (AvgIpc) is 3.27. The second-order valence-electron chi connectivity index (χ2n) is 11.5. The minimum atomic E-state index is -0.686. The van der Waals surface area contributed by atoms with Gasteiger partial charge in [-0.3, -0.25) is 0 Å². The summed E-state index contributed by atoms with van der Waals surface area (Å²) in [4.78, 5) is 17.3. The maximum absolute atomic E-state index is 12.6. The number of aryl methyl sites for hydroxylation is 1. The van der Waals surface area contributed by atoms with Gasteiger partial charge in [0.05, 0.1) is 35.6 Å². The zero-order chi connectivity index (χ0) is 29.0. The normalized spacial score (nSPS) is 16.6. The van der Waals surface area contributed by atoms with Gasteiger partial charge < -0.3 is 24.3 Å². The van der Waals surface area contributed by atoms with E-state index >= 15 is 0 Å². The fourth-order valence-corrected chi connectivity index (χ4v) is 6.69. The summed E-state index contributed by atoms with van der Waals surface area (Å²) in [7, 11) is 0. The summed E-state index contributed by atoms with van der Waals surface area (Å²) < 4.78 is 25.1. The highest BCUT2D eigenvalue weighted by Gasteiger charge is 2.41. The van der Waals surface area contributed by atoms with Crippen LogP contribution < -0.4 is 10.1 Å². The molecule has 10 heteroatoms. The molecule has 0 bridgehead atoms. The lowest BCUT2D eigenvalue weighted by Crippen LogP contribution is -2.61. The number of carbonyl (C=O) groups is 1. The Hall–Kier alpha value is -2.04. The van der Waals surface area contributed by atoms with Gasteiger partial charge in [-0.1, -0.05) is 35.5 Å². The number of ether oxygens (including phenoxy) is 4. The first-order chi connectivity index (χ1) is 18.9. The van der Waals surface area contributed by atoms with E-state index in [0.29, 0.717) is 26.2 Å². The van der Waals surface area contributed by atoms with Gasteiger partial charge >= 0.3 is 6.09 Å². The number of benzene rings is 2. The number of halogens is 1. The van der Waals surface area contributed by atoms with Crippen molar-refractivity contribution in [1.29, 1.82) is 0 Å². The van der Waals surface area contributed by atoms with Crippen LogP contribution in [0.1, 0.15) is 65.5 Å². The molecule has 0 aliphatic carbocycles. The summed E-state index contributed by atoms with van der Waals surface area (Å²) in [6.45, 7) is 12.6. The Morgan fingerprint density at radius 1 is 1.18 bits per heavy atom. The van der Waals surface area contributed by atoms with E-state index in [1.54, 1.807) is 23.1 Å². The van der Waals surface area contributed by atoms with Crippen molar-refractivity contribution in [3.8, 4) is 5.75 Å². The van der Waals surface area contributed by atoms with Crippen LogP contribution in [0.25, 0.3) is 10.2 Å². The van der Waals surface area contributed by atoms with E-state index in [1.165, 1.54) is 0 Å². The summed E-state index contributed by atoms with van der Waals surface area (Å²) >= 11 is 10.1. The van der Waals surface area contributed by atoms with Gasteiger partial charge in [0, 0.05) is 10.8 Å². The number of fused-ring (bicyclic) bond motifs is 1. The number of thioether (sulfide) groups is 1. The molecule has 2 aromatic carbocycles. The number of rotatable bonds is 10. The maximum atomic E-state index is 12.6. The molecule has 1 fully saturated rings. The van der Waals surface area contributed by atoms with Crippen LogP contribution >= 0.6 is 34.7 Å². The molecule has 1 amide bonds. The van der Waals surface area contributed by atoms with Crippen LogP contribution in [0.3, 0.4) is 0 Å². The number of alkyl carbamates (subject to hydrolysis) is 1. The zero-order valence-corrected chi connectivity index (χ0v) is 26.5. The van der Waals surface area contributed by atoms with Gasteiger partial charge in [-0.15, -0.1) is 11.3 Å². The highest BCUT2D eigenvalue weighted by atomic mass is 35.5. The molecule has 2 heterocycles. The molecule has 1 aliphatic rings. The molecule has 0 spiro atoms. The van der Waals surface area contributed by atoms with Gasteiger partial charge in [0.1, 0.15) is 11.4 Å². The van der Waals surface area contributed by atoms with Gasteiger partial charge in [-0.2, -0.15) is 0 Å². The highest BCUT2D eigenvalue weighted by Crippen LogP contribution is 2.34. The monoisotopic (exact) mass is 606 g/mol. The number of carbonyl (C=O) groups excluding carboxylic acids is 1. The van der Waals surface area contributed by atoms with Crippen molar-refractivity contribution in [2.24, 2.45) is 0 Å². The second kappa shape index (κ2) is 12.9. The van der Waals surface area contributed by atoms with Crippen molar-refractivity contribution < 1.29 is 23.7 Å². The Kier molecular flexibility index (Phi) is 9.94. The molecule has 0 saturated carbocycles. The van der Waals surface area contributed by atoms with Gasteiger partial charge in [0.25, 0.3) is 0 Å². The second-order valence-corrected chi connectivity index (χ2v) is 14.2. The lowest BCUT2D eigenvalue weighted by molar-refractivity contribution is -0.271. The molecule has 40 heavy (non-hydrogen) atoms. The summed E-state index contributed by atoms with van der Waals surface area (Å²) in [5.74, 6) is 0.969. The van der Waals surface area contributed by atoms with Crippen molar-refractivity contribution in [3.63, 3.8) is 0 Å². The van der Waals surface area contributed by atoms with Crippen molar-refractivity contribution in [2.45, 2.75) is 87.8 Å². The largest absolute Gasteiger partial charge is 0.494 e. The molecule has 0 atom stereocenters. The molecule has 4 rings (SSSR count). The van der Waals surface area contributed by atoms with E-state index in [-0.39, 0.29) is 0 Å². The summed E-state index contributed by atoms with van der Waals surface area (Å²) in [6, 6.07) is 12.3. The van der Waals surface area contributed by atoms with E-state index in [2.05, 4.69) is 17.4 Å². The molecule has 1 saturated heterocycles. The van der Waals surface area contributed by atoms with E-state index in [4.69, 9.17) is 35.5 Å². The first kappa shape index (κ1) is 30.9. The van der Waals surface area contributed by atoms with Crippen molar-refractivity contribution in [2.75, 3.05) is 19.8 Å². The molecular formula is C30H39ClN2O5S2. The number of hydrogen-bond donors (Lipinski definition) is 1. The van der Waals surface area contributed by atoms with Crippen LogP contribution in [-0.2, 0) is 26.4 Å². The Labute approximate surface area is 250 Å². The highest BCUT2D eigenvalue weighted by molar-refractivity contribution is 8.00. The molecule has 218 valence electrons. The number of aromatic nitrogens is 1. The third kappa shape index (κ3) is 8.73. The lowest BCUT2D eigenvalue weighted by Gasteiger charge is -2.44. The first-order valence-corrected chi connectivity index (χ1v) is 15.8. The third-order valence-corrected chi connectivity index (χ3v) is 8.97. The molecule has 3 aromatic rings. The predicted molar refractivity (Wildman–Crippen MR) is 163 cm³/mol. The molecule has 7 nitrogen and oxygen atoms in total.